The minimum atomic E-state index is -0.222. The standard InChI is InChI=1S/C20H19N5O3S2/c1-4-8-25-18(13-5-6-15(27-2)16(10-13)28-3)23-24-20(25)30-12-17(26)22-19-14(11-21)7-9-29-19/h4-7,9-10H,1,8,12H2,2-3H3,(H,22,26). The summed E-state index contributed by atoms with van der Waals surface area (Å²) < 4.78 is 12.5. The lowest BCUT2D eigenvalue weighted by atomic mass is 10.2. The number of nitriles is 1. The fraction of sp³-hybridized carbons (Fsp3) is 0.200. The first-order valence-electron chi connectivity index (χ1n) is 8.78. The van der Waals surface area contributed by atoms with Crippen LogP contribution in [0.1, 0.15) is 5.56 Å². The number of amides is 1. The van der Waals surface area contributed by atoms with E-state index in [-0.39, 0.29) is 11.7 Å². The number of aromatic nitrogens is 3. The van der Waals surface area contributed by atoms with E-state index in [2.05, 4.69) is 28.2 Å². The highest BCUT2D eigenvalue weighted by molar-refractivity contribution is 7.99. The molecule has 154 valence electrons. The minimum absolute atomic E-state index is 0.129. The Morgan fingerprint density at radius 1 is 1.33 bits per heavy atom. The van der Waals surface area contributed by atoms with Gasteiger partial charge in [0.1, 0.15) is 11.1 Å². The molecule has 0 fully saturated rings. The predicted molar refractivity (Wildman–Crippen MR) is 117 cm³/mol. The molecule has 30 heavy (non-hydrogen) atoms. The number of benzene rings is 1. The number of nitrogens with one attached hydrogen (secondary N) is 1. The summed E-state index contributed by atoms with van der Waals surface area (Å²) in [6.07, 6.45) is 1.74. The first kappa shape index (κ1) is 21.4. The van der Waals surface area contributed by atoms with Gasteiger partial charge in [0.15, 0.2) is 22.5 Å². The number of thiophene rings is 1. The van der Waals surface area contributed by atoms with Crippen LogP contribution in [0.5, 0.6) is 11.5 Å². The zero-order chi connectivity index (χ0) is 21.5. The van der Waals surface area contributed by atoms with Gasteiger partial charge < -0.3 is 14.8 Å². The molecule has 0 saturated heterocycles. The molecule has 8 nitrogen and oxygen atoms in total. The maximum absolute atomic E-state index is 12.3. The SMILES string of the molecule is C=CCn1c(SCC(=O)Nc2sccc2C#N)nnc1-c1ccc(OC)c(OC)c1. The van der Waals surface area contributed by atoms with E-state index in [0.717, 1.165) is 5.56 Å². The summed E-state index contributed by atoms with van der Waals surface area (Å²) in [5, 5.41) is 23.2. The first-order valence-corrected chi connectivity index (χ1v) is 10.6. The van der Waals surface area contributed by atoms with Gasteiger partial charge in [0, 0.05) is 12.1 Å². The Bertz CT molecular complexity index is 1100. The highest BCUT2D eigenvalue weighted by Gasteiger charge is 2.17. The topological polar surface area (TPSA) is 102 Å². The Balaban J connectivity index is 1.78. The van der Waals surface area contributed by atoms with Gasteiger partial charge in [-0.15, -0.1) is 28.1 Å². The quantitative estimate of drug-likeness (QED) is 0.398. The molecule has 0 bridgehead atoms. The number of anilines is 1. The van der Waals surface area contributed by atoms with E-state index in [9.17, 15) is 4.79 Å². The smallest absolute Gasteiger partial charge is 0.235 e. The van der Waals surface area contributed by atoms with E-state index in [1.807, 2.05) is 16.7 Å². The Morgan fingerprint density at radius 3 is 2.83 bits per heavy atom. The average molecular weight is 442 g/mol. The van der Waals surface area contributed by atoms with Crippen LogP contribution in [0.25, 0.3) is 11.4 Å². The number of carbonyl (C=O) groups excluding carboxylic acids is 1. The molecular weight excluding hydrogens is 422 g/mol. The second kappa shape index (κ2) is 9.96. The van der Waals surface area contributed by atoms with Crippen LogP contribution in [0.3, 0.4) is 0 Å². The van der Waals surface area contributed by atoms with E-state index in [0.29, 0.717) is 39.6 Å². The van der Waals surface area contributed by atoms with Crippen LogP contribution < -0.4 is 14.8 Å². The molecule has 0 atom stereocenters. The summed E-state index contributed by atoms with van der Waals surface area (Å²) in [6, 6.07) is 9.21. The third-order valence-electron chi connectivity index (χ3n) is 4.04. The highest BCUT2D eigenvalue weighted by Crippen LogP contribution is 2.33. The van der Waals surface area contributed by atoms with E-state index >= 15 is 0 Å². The van der Waals surface area contributed by atoms with Crippen LogP contribution >= 0.6 is 23.1 Å². The van der Waals surface area contributed by atoms with Crippen molar-refractivity contribution >= 4 is 34.0 Å². The van der Waals surface area contributed by atoms with Crippen molar-refractivity contribution in [3.8, 4) is 29.0 Å². The van der Waals surface area contributed by atoms with Crippen molar-refractivity contribution in [1.82, 2.24) is 14.8 Å². The van der Waals surface area contributed by atoms with Crippen molar-refractivity contribution in [3.05, 3.63) is 47.9 Å². The minimum Gasteiger partial charge on any atom is -0.493 e. The van der Waals surface area contributed by atoms with Crippen molar-refractivity contribution in [2.24, 2.45) is 0 Å². The number of allylic oxidation sites excluding steroid dienone is 1. The summed E-state index contributed by atoms with van der Waals surface area (Å²) in [6.45, 7) is 4.27. The highest BCUT2D eigenvalue weighted by atomic mass is 32.2. The molecule has 0 spiro atoms. The molecule has 1 N–H and O–H groups in total. The van der Waals surface area contributed by atoms with E-state index in [4.69, 9.17) is 14.7 Å². The molecule has 0 aliphatic rings. The third-order valence-corrected chi connectivity index (χ3v) is 5.84. The van der Waals surface area contributed by atoms with Gasteiger partial charge in [0.2, 0.25) is 5.91 Å². The van der Waals surface area contributed by atoms with E-state index < -0.39 is 0 Å². The predicted octanol–water partition coefficient (Wildman–Crippen LogP) is 3.81. The second-order valence-corrected chi connectivity index (χ2v) is 7.75. The molecule has 0 aliphatic carbocycles. The number of carbonyl (C=O) groups is 1. The summed E-state index contributed by atoms with van der Waals surface area (Å²) in [5.74, 6) is 1.74. The fourth-order valence-corrected chi connectivity index (χ4v) is 4.17. The molecule has 2 heterocycles. The molecule has 0 aliphatic heterocycles. The molecule has 0 unspecified atom stereocenters. The van der Waals surface area contributed by atoms with Gasteiger partial charge in [-0.05, 0) is 29.6 Å². The van der Waals surface area contributed by atoms with Crippen LogP contribution in [0, 0.1) is 11.3 Å². The number of nitrogens with zero attached hydrogens (tertiary/aromatic N) is 4. The Morgan fingerprint density at radius 2 is 2.13 bits per heavy atom. The van der Waals surface area contributed by atoms with Crippen LogP contribution in [0.2, 0.25) is 0 Å². The van der Waals surface area contributed by atoms with Crippen molar-refractivity contribution < 1.29 is 14.3 Å². The monoisotopic (exact) mass is 441 g/mol. The average Bonchev–Trinajstić information content (AvgIpc) is 3.38. The number of hydrogen-bond donors (Lipinski definition) is 1. The van der Waals surface area contributed by atoms with E-state index in [1.165, 1.54) is 23.1 Å². The van der Waals surface area contributed by atoms with E-state index in [1.54, 1.807) is 37.8 Å². The van der Waals surface area contributed by atoms with Gasteiger partial charge in [-0.3, -0.25) is 9.36 Å². The van der Waals surface area contributed by atoms with Crippen molar-refractivity contribution in [2.75, 3.05) is 25.3 Å². The molecule has 3 aromatic rings. The maximum atomic E-state index is 12.3. The molecule has 3 rings (SSSR count). The van der Waals surface area contributed by atoms with Crippen LogP contribution in [-0.2, 0) is 11.3 Å². The van der Waals surface area contributed by atoms with Crippen LogP contribution in [0.4, 0.5) is 5.00 Å². The normalized spacial score (nSPS) is 10.3. The fourth-order valence-electron chi connectivity index (χ4n) is 2.66. The molecular formula is C20H19N5O3S2. The van der Waals surface area contributed by atoms with Crippen molar-refractivity contribution in [3.63, 3.8) is 0 Å². The Kier molecular flexibility index (Phi) is 7.11. The third kappa shape index (κ3) is 4.64. The summed E-state index contributed by atoms with van der Waals surface area (Å²) in [7, 11) is 3.15. The van der Waals surface area contributed by atoms with Gasteiger partial charge in [-0.25, -0.2) is 0 Å². The van der Waals surface area contributed by atoms with Crippen molar-refractivity contribution in [2.45, 2.75) is 11.7 Å². The van der Waals surface area contributed by atoms with Crippen molar-refractivity contribution in [1.29, 1.82) is 5.26 Å². The summed E-state index contributed by atoms with van der Waals surface area (Å²) in [4.78, 5) is 12.3. The molecule has 1 aromatic carbocycles. The number of methoxy groups -OCH3 is 2. The number of thioether (sulfide) groups is 1. The van der Waals surface area contributed by atoms with Gasteiger partial charge in [-0.2, -0.15) is 5.26 Å². The zero-order valence-corrected chi connectivity index (χ0v) is 18.0. The van der Waals surface area contributed by atoms with Gasteiger partial charge >= 0.3 is 0 Å². The number of rotatable bonds is 9. The number of hydrogen-bond acceptors (Lipinski definition) is 8. The lowest BCUT2D eigenvalue weighted by Crippen LogP contribution is -2.14. The second-order valence-electron chi connectivity index (χ2n) is 5.89. The van der Waals surface area contributed by atoms with Gasteiger partial charge in [0.05, 0.1) is 25.5 Å². The molecule has 0 saturated carbocycles. The Labute approximate surface area is 182 Å². The largest absolute Gasteiger partial charge is 0.493 e. The summed E-state index contributed by atoms with van der Waals surface area (Å²) >= 11 is 2.57. The molecule has 2 aromatic heterocycles. The van der Waals surface area contributed by atoms with Gasteiger partial charge in [-0.1, -0.05) is 17.8 Å². The van der Waals surface area contributed by atoms with Gasteiger partial charge in [0.25, 0.3) is 0 Å². The molecule has 1 amide bonds. The lowest BCUT2D eigenvalue weighted by Gasteiger charge is -2.11. The lowest BCUT2D eigenvalue weighted by molar-refractivity contribution is -0.113. The first-order chi connectivity index (χ1) is 14.6. The Hall–Kier alpha value is -3.29. The maximum Gasteiger partial charge on any atom is 0.235 e. The molecule has 0 radical (unpaired) electrons. The van der Waals surface area contributed by atoms with Crippen LogP contribution in [0.15, 0.2) is 47.5 Å². The van der Waals surface area contributed by atoms with Crippen LogP contribution in [-0.4, -0.2) is 40.6 Å². The number of ether oxygens (including phenoxy) is 2. The summed E-state index contributed by atoms with van der Waals surface area (Å²) in [5.41, 5.74) is 1.25. The molecule has 10 heteroatoms. The zero-order valence-electron chi connectivity index (χ0n) is 16.4.